The van der Waals surface area contributed by atoms with Crippen LogP contribution in [-0.2, 0) is 4.74 Å². The summed E-state index contributed by atoms with van der Waals surface area (Å²) >= 11 is 0. The molecule has 2 heteroatoms. The highest BCUT2D eigenvalue weighted by atomic mass is 16.5. The molecule has 0 radical (unpaired) electrons. The Morgan fingerprint density at radius 3 is 2.91 bits per heavy atom. The molecule has 0 aliphatic heterocycles. The summed E-state index contributed by atoms with van der Waals surface area (Å²) in [7, 11) is 1.79. The first-order valence-electron chi connectivity index (χ1n) is 4.42. The van der Waals surface area contributed by atoms with E-state index in [1.165, 1.54) is 6.42 Å². The Kier molecular flexibility index (Phi) is 2.90. The van der Waals surface area contributed by atoms with E-state index in [0.29, 0.717) is 5.41 Å². The zero-order chi connectivity index (χ0) is 8.32. The Morgan fingerprint density at radius 2 is 2.36 bits per heavy atom. The van der Waals surface area contributed by atoms with Crippen LogP contribution in [0.2, 0.25) is 0 Å². The summed E-state index contributed by atoms with van der Waals surface area (Å²) in [4.78, 5) is 0. The molecule has 0 amide bonds. The predicted octanol–water partition coefficient (Wildman–Crippen LogP) is 1.27. The first-order chi connectivity index (χ1) is 5.23. The summed E-state index contributed by atoms with van der Waals surface area (Å²) in [5, 5.41) is 3.37. The molecule has 2 unspecified atom stereocenters. The molecule has 0 aromatic heterocycles. The lowest BCUT2D eigenvalue weighted by molar-refractivity contribution is 0.141. The maximum Gasteiger partial charge on any atom is 0.0519 e. The van der Waals surface area contributed by atoms with E-state index in [4.69, 9.17) is 4.74 Å². The zero-order valence-electron chi connectivity index (χ0n) is 7.81. The second-order valence-corrected chi connectivity index (χ2v) is 3.80. The van der Waals surface area contributed by atoms with Gasteiger partial charge in [0.1, 0.15) is 0 Å². The second kappa shape index (κ2) is 3.55. The van der Waals surface area contributed by atoms with Crippen molar-refractivity contribution in [2.24, 2.45) is 11.3 Å². The van der Waals surface area contributed by atoms with Crippen molar-refractivity contribution in [1.29, 1.82) is 0 Å². The third-order valence-electron chi connectivity index (χ3n) is 2.65. The largest absolute Gasteiger partial charge is 0.384 e. The van der Waals surface area contributed by atoms with Gasteiger partial charge in [0.15, 0.2) is 0 Å². The van der Waals surface area contributed by atoms with Crippen molar-refractivity contribution in [3.8, 4) is 0 Å². The van der Waals surface area contributed by atoms with E-state index in [2.05, 4.69) is 19.2 Å². The minimum absolute atomic E-state index is 0.483. The molecule has 2 nitrogen and oxygen atoms in total. The van der Waals surface area contributed by atoms with Crippen molar-refractivity contribution in [2.45, 2.75) is 20.3 Å². The molecule has 66 valence electrons. The lowest BCUT2D eigenvalue weighted by Crippen LogP contribution is -2.19. The third kappa shape index (κ3) is 2.17. The van der Waals surface area contributed by atoms with Crippen molar-refractivity contribution < 1.29 is 4.74 Å². The normalized spacial score (nSPS) is 35.7. The van der Waals surface area contributed by atoms with Crippen LogP contribution in [0, 0.1) is 11.3 Å². The van der Waals surface area contributed by atoms with Crippen LogP contribution in [0.5, 0.6) is 0 Å². The minimum Gasteiger partial charge on any atom is -0.384 e. The molecule has 2 atom stereocenters. The lowest BCUT2D eigenvalue weighted by Gasteiger charge is -2.09. The Morgan fingerprint density at radius 1 is 1.64 bits per heavy atom. The number of rotatable bonds is 5. The van der Waals surface area contributed by atoms with Gasteiger partial charge in [0, 0.05) is 7.11 Å². The van der Waals surface area contributed by atoms with Gasteiger partial charge >= 0.3 is 0 Å². The van der Waals surface area contributed by atoms with E-state index >= 15 is 0 Å². The number of ether oxygens (including phenoxy) is 1. The Labute approximate surface area is 69.3 Å². The molecule has 1 rings (SSSR count). The van der Waals surface area contributed by atoms with Gasteiger partial charge in [-0.1, -0.05) is 13.8 Å². The summed E-state index contributed by atoms with van der Waals surface area (Å²) in [5.41, 5.74) is 0.483. The van der Waals surface area contributed by atoms with Gasteiger partial charge in [0.05, 0.1) is 6.61 Å². The molecule has 1 aliphatic carbocycles. The summed E-state index contributed by atoms with van der Waals surface area (Å²) in [6.45, 7) is 7.62. The molecule has 1 saturated carbocycles. The van der Waals surface area contributed by atoms with Gasteiger partial charge in [-0.3, -0.25) is 0 Å². The highest BCUT2D eigenvalue weighted by Crippen LogP contribution is 2.51. The SMILES string of the molecule is CCNCC1CC1(C)COC. The van der Waals surface area contributed by atoms with Gasteiger partial charge in [0.25, 0.3) is 0 Å². The Bertz CT molecular complexity index is 127. The van der Waals surface area contributed by atoms with Crippen molar-refractivity contribution in [3.05, 3.63) is 0 Å². The molecule has 0 spiro atoms. The summed E-state index contributed by atoms with van der Waals surface area (Å²) in [5.74, 6) is 0.849. The highest BCUT2D eigenvalue weighted by molar-refractivity contribution is 4.99. The van der Waals surface area contributed by atoms with Gasteiger partial charge in [-0.05, 0) is 30.8 Å². The molecule has 1 N–H and O–H groups in total. The molecule has 1 fully saturated rings. The first-order valence-corrected chi connectivity index (χ1v) is 4.42. The Hall–Kier alpha value is -0.0800. The summed E-state index contributed by atoms with van der Waals surface area (Å²) in [6.07, 6.45) is 1.33. The van der Waals surface area contributed by atoms with E-state index in [9.17, 15) is 0 Å². The lowest BCUT2D eigenvalue weighted by atomic mass is 10.1. The van der Waals surface area contributed by atoms with Gasteiger partial charge in [0.2, 0.25) is 0 Å². The van der Waals surface area contributed by atoms with E-state index in [0.717, 1.165) is 25.6 Å². The van der Waals surface area contributed by atoms with Crippen LogP contribution in [0.4, 0.5) is 0 Å². The molecule has 0 bridgehead atoms. The smallest absolute Gasteiger partial charge is 0.0519 e. The molecule has 0 heterocycles. The maximum absolute atomic E-state index is 5.15. The standard InChI is InChI=1S/C9H19NO/c1-4-10-6-8-5-9(8,2)7-11-3/h8,10H,4-7H2,1-3H3. The third-order valence-corrected chi connectivity index (χ3v) is 2.65. The maximum atomic E-state index is 5.15. The Balaban J connectivity index is 2.12. The van der Waals surface area contributed by atoms with Crippen LogP contribution in [0.15, 0.2) is 0 Å². The highest BCUT2D eigenvalue weighted by Gasteiger charge is 2.49. The van der Waals surface area contributed by atoms with Crippen LogP contribution in [0.1, 0.15) is 20.3 Å². The van der Waals surface area contributed by atoms with Gasteiger partial charge in [-0.15, -0.1) is 0 Å². The number of nitrogens with one attached hydrogen (secondary N) is 1. The average Bonchev–Trinajstić information content (AvgIpc) is 2.58. The fraction of sp³-hybridized carbons (Fsp3) is 1.00. The van der Waals surface area contributed by atoms with Crippen LogP contribution >= 0.6 is 0 Å². The molecule has 0 aromatic carbocycles. The van der Waals surface area contributed by atoms with Crippen molar-refractivity contribution in [1.82, 2.24) is 5.32 Å². The molecule has 0 aromatic rings. The summed E-state index contributed by atoms with van der Waals surface area (Å²) < 4.78 is 5.15. The molecule has 11 heavy (non-hydrogen) atoms. The molecule has 0 saturated heterocycles. The minimum atomic E-state index is 0.483. The van der Waals surface area contributed by atoms with Crippen molar-refractivity contribution in [3.63, 3.8) is 0 Å². The van der Waals surface area contributed by atoms with E-state index in [1.807, 2.05) is 0 Å². The number of hydrogen-bond acceptors (Lipinski definition) is 2. The van der Waals surface area contributed by atoms with E-state index in [1.54, 1.807) is 7.11 Å². The topological polar surface area (TPSA) is 21.3 Å². The zero-order valence-corrected chi connectivity index (χ0v) is 7.81. The van der Waals surface area contributed by atoms with E-state index in [-0.39, 0.29) is 0 Å². The fourth-order valence-corrected chi connectivity index (χ4v) is 1.65. The van der Waals surface area contributed by atoms with Crippen molar-refractivity contribution >= 4 is 0 Å². The monoisotopic (exact) mass is 157 g/mol. The van der Waals surface area contributed by atoms with Crippen LogP contribution in [0.25, 0.3) is 0 Å². The van der Waals surface area contributed by atoms with Gasteiger partial charge in [-0.2, -0.15) is 0 Å². The van der Waals surface area contributed by atoms with Crippen molar-refractivity contribution in [2.75, 3.05) is 26.8 Å². The van der Waals surface area contributed by atoms with Crippen LogP contribution in [0.3, 0.4) is 0 Å². The summed E-state index contributed by atoms with van der Waals surface area (Å²) in [6, 6.07) is 0. The number of hydrogen-bond donors (Lipinski definition) is 1. The second-order valence-electron chi connectivity index (χ2n) is 3.80. The average molecular weight is 157 g/mol. The van der Waals surface area contributed by atoms with Crippen LogP contribution < -0.4 is 5.32 Å². The molecular formula is C9H19NO. The van der Waals surface area contributed by atoms with E-state index < -0.39 is 0 Å². The quantitative estimate of drug-likeness (QED) is 0.649. The fourth-order valence-electron chi connectivity index (χ4n) is 1.65. The predicted molar refractivity (Wildman–Crippen MR) is 46.6 cm³/mol. The van der Waals surface area contributed by atoms with Gasteiger partial charge in [-0.25, -0.2) is 0 Å². The van der Waals surface area contributed by atoms with Crippen LogP contribution in [-0.4, -0.2) is 26.8 Å². The van der Waals surface area contributed by atoms with Gasteiger partial charge < -0.3 is 10.1 Å². The first kappa shape index (κ1) is 9.01. The molecular weight excluding hydrogens is 138 g/mol. The molecule has 1 aliphatic rings. The number of methoxy groups -OCH3 is 1.